The van der Waals surface area contributed by atoms with E-state index in [-0.39, 0.29) is 70.4 Å². The van der Waals surface area contributed by atoms with Gasteiger partial charge in [-0.25, -0.2) is 4.98 Å². The fraction of sp³-hybridized carbons (Fsp3) is 0.623. The number of nitrogens with zero attached hydrogens (tertiary/aromatic N) is 6. The lowest BCUT2D eigenvalue weighted by Gasteiger charge is -2.38. The summed E-state index contributed by atoms with van der Waals surface area (Å²) in [6.45, 7) is 22.0. The van der Waals surface area contributed by atoms with Crippen molar-refractivity contribution in [3.8, 4) is 0 Å². The van der Waals surface area contributed by atoms with Crippen molar-refractivity contribution in [2.45, 2.75) is 167 Å². The van der Waals surface area contributed by atoms with E-state index in [1.807, 2.05) is 135 Å². The molecule has 454 valence electrons. The lowest BCUT2D eigenvalue weighted by atomic mass is 9.92. The number of likely N-dealkylation sites (N-methyl/N-ethyl adjacent to an activating group) is 3. The predicted octanol–water partition coefficient (Wildman–Crippen LogP) is 7.39. The van der Waals surface area contributed by atoms with Crippen molar-refractivity contribution in [1.29, 1.82) is 0 Å². The first-order valence-electron chi connectivity index (χ1n) is 28.8. The molecule has 18 nitrogen and oxygen atoms in total. The molecule has 0 aliphatic carbocycles. The Morgan fingerprint density at radius 2 is 1.32 bits per heavy atom. The minimum Gasteiger partial charge on any atom is -0.455 e. The van der Waals surface area contributed by atoms with Crippen LogP contribution >= 0.6 is 35.7 Å². The minimum absolute atomic E-state index is 0.00350. The predicted molar refractivity (Wildman–Crippen MR) is 328 cm³/mol. The molecule has 0 spiro atoms. The van der Waals surface area contributed by atoms with Gasteiger partial charge in [0.25, 0.3) is 5.91 Å². The maximum absolute atomic E-state index is 14.8. The average molecular weight is 1190 g/mol. The highest BCUT2D eigenvalue weighted by Gasteiger charge is 2.40. The van der Waals surface area contributed by atoms with Crippen LogP contribution in [-0.4, -0.2) is 178 Å². The second-order valence-electron chi connectivity index (χ2n) is 23.4. The fourth-order valence-electron chi connectivity index (χ4n) is 10.0. The number of piperazine rings is 1. The smallest absolute Gasteiger partial charge is 0.303 e. The molecule has 1 aliphatic rings. The van der Waals surface area contributed by atoms with Crippen LogP contribution in [0, 0.1) is 23.7 Å². The third kappa shape index (κ3) is 20.4. The van der Waals surface area contributed by atoms with E-state index >= 15 is 0 Å². The van der Waals surface area contributed by atoms with Crippen molar-refractivity contribution in [2.24, 2.45) is 23.7 Å². The zero-order valence-corrected chi connectivity index (χ0v) is 53.6. The first-order chi connectivity index (χ1) is 38.6. The Hall–Kier alpha value is -5.51. The summed E-state index contributed by atoms with van der Waals surface area (Å²) in [4.78, 5) is 126. The van der Waals surface area contributed by atoms with E-state index in [1.165, 1.54) is 30.6 Å². The molecule has 1 aromatic heterocycles. The van der Waals surface area contributed by atoms with Crippen LogP contribution in [0.25, 0.3) is 0 Å². The van der Waals surface area contributed by atoms with Crippen molar-refractivity contribution in [2.75, 3.05) is 60.1 Å². The van der Waals surface area contributed by atoms with Gasteiger partial charge in [-0.3, -0.25) is 43.3 Å². The van der Waals surface area contributed by atoms with Gasteiger partial charge in [-0.2, -0.15) is 12.6 Å². The number of thiazole rings is 1. The molecule has 3 aromatic rings. The van der Waals surface area contributed by atoms with Crippen LogP contribution in [-0.2, 0) is 44.7 Å². The molecule has 1 saturated heterocycles. The van der Waals surface area contributed by atoms with Gasteiger partial charge in [0.2, 0.25) is 35.4 Å². The third-order valence-corrected chi connectivity index (χ3v) is 17.7. The molecule has 0 saturated carbocycles. The summed E-state index contributed by atoms with van der Waals surface area (Å²) in [5, 5.41) is 10.9. The Bertz CT molecular complexity index is 2570. The van der Waals surface area contributed by atoms with E-state index in [0.717, 1.165) is 28.2 Å². The van der Waals surface area contributed by atoms with Crippen LogP contribution in [0.5, 0.6) is 0 Å². The van der Waals surface area contributed by atoms with E-state index in [4.69, 9.17) is 9.72 Å². The van der Waals surface area contributed by atoms with Gasteiger partial charge in [0.15, 0.2) is 6.10 Å². The van der Waals surface area contributed by atoms with Gasteiger partial charge in [0, 0.05) is 93.3 Å². The number of thiol groups is 1. The van der Waals surface area contributed by atoms with Crippen molar-refractivity contribution in [3.63, 3.8) is 0 Å². The summed E-state index contributed by atoms with van der Waals surface area (Å²) in [5.74, 6) is -3.82. The van der Waals surface area contributed by atoms with Crippen molar-refractivity contribution in [3.05, 3.63) is 82.3 Å². The minimum atomic E-state index is -1.14. The molecule has 1 unspecified atom stereocenters. The topological polar surface area (TPSA) is 211 Å². The molecule has 0 bridgehead atoms. The number of amides is 7. The van der Waals surface area contributed by atoms with Gasteiger partial charge in [-0.15, -0.1) is 23.1 Å². The molecule has 7 amide bonds. The number of nitrogens with one attached hydrogen (secondary N) is 3. The zero-order valence-electron chi connectivity index (χ0n) is 51.1. The van der Waals surface area contributed by atoms with Gasteiger partial charge in [-0.1, -0.05) is 131 Å². The van der Waals surface area contributed by atoms with E-state index in [9.17, 15) is 38.4 Å². The van der Waals surface area contributed by atoms with Crippen molar-refractivity contribution >= 4 is 83.0 Å². The van der Waals surface area contributed by atoms with Gasteiger partial charge < -0.3 is 40.3 Å². The standard InChI is InChI=1S/C61H93N9O9S3/c1-16-40(7)52(65-56(75)53(66(12)13)41(8)17-2)60(78)67(14)47(38(3)4)35-49(79-42(9)71)57-63-46(36-82-57)58(76)68(15)48(37-81-44-26-22-19-23-27-44)54(73)64-51(39(5)6)55(74)62-45(34-43-24-20-18-21-25-43)59(77)70-32-30-69(31-33-70)50(72)28-29-61(10,11)80/h18-27,36,38-41,45,47-49,51-53,80H,16-17,28-35,37H2,1-15H3,(H,62,74)(H,64,73)(H,65,75)/t40-,41?,45-,47+,48-,49+,51-,52-,53+/m0/s1. The summed E-state index contributed by atoms with van der Waals surface area (Å²) in [7, 11) is 6.90. The third-order valence-electron chi connectivity index (χ3n) is 15.5. The van der Waals surface area contributed by atoms with Crippen LogP contribution in [0.2, 0.25) is 0 Å². The number of thioether (sulfide) groups is 1. The second-order valence-corrected chi connectivity index (χ2v) is 26.6. The molecular formula is C61H93N9O9S3. The number of carbonyl (C=O) groups is 8. The normalized spacial score (nSPS) is 16.2. The van der Waals surface area contributed by atoms with Crippen LogP contribution in [0.15, 0.2) is 70.9 Å². The molecular weight excluding hydrogens is 1100 g/mol. The lowest BCUT2D eigenvalue weighted by molar-refractivity contribution is -0.149. The highest BCUT2D eigenvalue weighted by molar-refractivity contribution is 7.99. The largest absolute Gasteiger partial charge is 0.455 e. The number of carbonyl (C=O) groups excluding carboxylic acids is 8. The summed E-state index contributed by atoms with van der Waals surface area (Å²) in [6, 6.07) is 13.7. The number of aromatic nitrogens is 1. The quantitative estimate of drug-likeness (QED) is 0.0293. The summed E-state index contributed by atoms with van der Waals surface area (Å²) in [6.07, 6.45) is 1.72. The molecule has 82 heavy (non-hydrogen) atoms. The van der Waals surface area contributed by atoms with Crippen molar-refractivity contribution < 1.29 is 43.1 Å². The second kappa shape index (κ2) is 32.5. The number of benzene rings is 2. The number of ether oxygens (including phenoxy) is 1. The molecule has 3 N–H and O–H groups in total. The maximum atomic E-state index is 14.8. The molecule has 9 atom stereocenters. The Morgan fingerprint density at radius 1 is 0.744 bits per heavy atom. The summed E-state index contributed by atoms with van der Waals surface area (Å²) >= 11 is 7.04. The Kier molecular flexibility index (Phi) is 27.4. The van der Waals surface area contributed by atoms with Gasteiger partial charge in [-0.05, 0) is 61.9 Å². The van der Waals surface area contributed by atoms with Gasteiger partial charge in [0.05, 0.1) is 6.04 Å². The molecule has 2 aromatic carbocycles. The summed E-state index contributed by atoms with van der Waals surface area (Å²) in [5.41, 5.74) is 0.818. The van der Waals surface area contributed by atoms with Gasteiger partial charge >= 0.3 is 5.97 Å². The van der Waals surface area contributed by atoms with Crippen molar-refractivity contribution in [1.82, 2.24) is 45.4 Å². The van der Waals surface area contributed by atoms with Crippen LogP contribution in [0.1, 0.15) is 135 Å². The zero-order chi connectivity index (χ0) is 61.2. The molecule has 1 aliphatic heterocycles. The molecule has 4 rings (SSSR count). The van der Waals surface area contributed by atoms with E-state index < -0.39 is 72.0 Å². The monoisotopic (exact) mass is 1190 g/mol. The SMILES string of the molecule is CCC(C)[C@H](C(=O)N[C@H](C(=O)N(C)[C@H](C[C@@H](OC(C)=O)c1nc(C(=O)N(C)[C@@H](CSc2ccccc2)C(=O)N[C@H](C(=O)N[C@@H](Cc2ccccc2)C(=O)N2CCN(C(=O)CCC(C)(C)S)CC2)C(C)C)cs1)C(C)C)[C@@H](C)CC)N(C)C. The number of esters is 1. The number of rotatable bonds is 30. The molecule has 2 heterocycles. The van der Waals surface area contributed by atoms with E-state index in [2.05, 4.69) is 28.6 Å². The maximum Gasteiger partial charge on any atom is 0.303 e. The fourth-order valence-corrected chi connectivity index (χ4v) is 12.0. The summed E-state index contributed by atoms with van der Waals surface area (Å²) < 4.78 is 5.63. The van der Waals surface area contributed by atoms with Crippen LogP contribution < -0.4 is 16.0 Å². The van der Waals surface area contributed by atoms with Crippen LogP contribution in [0.3, 0.4) is 0 Å². The number of hydrogen-bond acceptors (Lipinski definition) is 14. The first-order valence-corrected chi connectivity index (χ1v) is 31.1. The number of hydrogen-bond donors (Lipinski definition) is 4. The van der Waals surface area contributed by atoms with E-state index in [0.29, 0.717) is 50.4 Å². The highest BCUT2D eigenvalue weighted by Crippen LogP contribution is 2.32. The molecule has 1 fully saturated rings. The highest BCUT2D eigenvalue weighted by atomic mass is 32.2. The van der Waals surface area contributed by atoms with E-state index in [1.54, 1.807) is 41.0 Å². The molecule has 21 heteroatoms. The lowest BCUT2D eigenvalue weighted by Crippen LogP contribution is -2.60. The average Bonchev–Trinajstić information content (AvgIpc) is 4.15. The first kappa shape index (κ1) is 69.0. The van der Waals surface area contributed by atoms with Gasteiger partial charge in [0.1, 0.15) is 34.9 Å². The Morgan fingerprint density at radius 3 is 1.85 bits per heavy atom. The Labute approximate surface area is 501 Å². The van der Waals surface area contributed by atoms with Crippen LogP contribution in [0.4, 0.5) is 0 Å². The Balaban J connectivity index is 1.59. The molecule has 0 radical (unpaired) electrons.